The quantitative estimate of drug-likeness (QED) is 0.450. The van der Waals surface area contributed by atoms with Gasteiger partial charge in [0.1, 0.15) is 11.8 Å². The molecule has 7 nitrogen and oxygen atoms in total. The molecule has 0 aliphatic rings. The molecule has 0 unspecified atom stereocenters. The molecular formula is C14H14N6O. The molecule has 0 amide bonds. The average Bonchev–Trinajstić information content (AvgIpc) is 2.79. The van der Waals surface area contributed by atoms with E-state index in [0.29, 0.717) is 11.6 Å². The summed E-state index contributed by atoms with van der Waals surface area (Å²) in [6, 6.07) is 8.95. The van der Waals surface area contributed by atoms with Crippen molar-refractivity contribution in [3.8, 4) is 17.5 Å². The van der Waals surface area contributed by atoms with Crippen LogP contribution in [0.4, 0.5) is 5.69 Å². The maximum Gasteiger partial charge on any atom is 0.226 e. The van der Waals surface area contributed by atoms with Crippen LogP contribution in [0.25, 0.3) is 11.5 Å². The molecule has 21 heavy (non-hydrogen) atoms. The highest BCUT2D eigenvalue weighted by Crippen LogP contribution is 2.23. The number of hydrazone groups is 1. The lowest BCUT2D eigenvalue weighted by molar-refractivity contribution is 0.541. The lowest BCUT2D eigenvalue weighted by atomic mass is 10.2. The number of hydrogen-bond donors (Lipinski definition) is 3. The van der Waals surface area contributed by atoms with Gasteiger partial charge in [-0.3, -0.25) is 10.8 Å². The van der Waals surface area contributed by atoms with Gasteiger partial charge < -0.3 is 10.2 Å². The summed E-state index contributed by atoms with van der Waals surface area (Å²) in [6.45, 7) is 3.73. The lowest BCUT2D eigenvalue weighted by Gasteiger charge is -2.02. The van der Waals surface area contributed by atoms with Crippen molar-refractivity contribution in [3.05, 3.63) is 35.7 Å². The molecule has 2 aromatic rings. The summed E-state index contributed by atoms with van der Waals surface area (Å²) in [6.07, 6.45) is 0. The van der Waals surface area contributed by atoms with Gasteiger partial charge in [0.2, 0.25) is 11.6 Å². The molecule has 7 heteroatoms. The highest BCUT2D eigenvalue weighted by atomic mass is 16.4. The largest absolute Gasteiger partial charge is 0.441 e. The van der Waals surface area contributed by atoms with Crippen molar-refractivity contribution >= 4 is 17.2 Å². The molecule has 2 rings (SSSR count). The Morgan fingerprint density at radius 2 is 2.24 bits per heavy atom. The first kappa shape index (κ1) is 14.3. The van der Waals surface area contributed by atoms with E-state index in [9.17, 15) is 0 Å². The summed E-state index contributed by atoms with van der Waals surface area (Å²) in [5, 5.41) is 19.7. The first-order chi connectivity index (χ1) is 10.0. The van der Waals surface area contributed by atoms with E-state index in [-0.39, 0.29) is 11.5 Å². The summed E-state index contributed by atoms with van der Waals surface area (Å²) in [4.78, 5) is 4.32. The Bertz CT molecular complexity index is 734. The molecule has 106 valence electrons. The normalized spacial score (nSPS) is 11.0. The molecule has 1 aromatic heterocycles. The standard InChI is InChI=1S/C14H14N6O/c1-8-9(2)21-14(18-8)10-4-3-5-11(6-10)19-20-12(7-15)13(16)17/h3-6,19H,1-2H3,(H3,16,17)/b20-12+. The number of aryl methyl sites for hydroxylation is 2. The van der Waals surface area contributed by atoms with Gasteiger partial charge in [0.25, 0.3) is 0 Å². The van der Waals surface area contributed by atoms with E-state index >= 15 is 0 Å². The van der Waals surface area contributed by atoms with Gasteiger partial charge in [-0.25, -0.2) is 4.98 Å². The van der Waals surface area contributed by atoms with E-state index in [1.165, 1.54) is 0 Å². The number of nitriles is 1. The third-order valence-electron chi connectivity index (χ3n) is 2.80. The topological polar surface area (TPSA) is 124 Å². The second kappa shape index (κ2) is 5.88. The fraction of sp³-hybridized carbons (Fsp3) is 0.143. The Balaban J connectivity index is 2.26. The second-order valence-corrected chi connectivity index (χ2v) is 4.34. The van der Waals surface area contributed by atoms with Gasteiger partial charge in [0.15, 0.2) is 5.84 Å². The van der Waals surface area contributed by atoms with E-state index in [2.05, 4.69) is 15.5 Å². The summed E-state index contributed by atoms with van der Waals surface area (Å²) < 4.78 is 5.56. The molecule has 4 N–H and O–H groups in total. The number of oxazole rings is 1. The van der Waals surface area contributed by atoms with Crippen LogP contribution in [0, 0.1) is 30.6 Å². The Labute approximate surface area is 121 Å². The third-order valence-corrected chi connectivity index (χ3v) is 2.80. The molecule has 1 heterocycles. The van der Waals surface area contributed by atoms with Crippen LogP contribution in [0.15, 0.2) is 33.8 Å². The number of rotatable bonds is 4. The number of anilines is 1. The van der Waals surface area contributed by atoms with Crippen LogP contribution < -0.4 is 11.2 Å². The predicted octanol–water partition coefficient (Wildman–Crippen LogP) is 2.19. The van der Waals surface area contributed by atoms with Crippen LogP contribution >= 0.6 is 0 Å². The number of nitrogens with zero attached hydrogens (tertiary/aromatic N) is 3. The van der Waals surface area contributed by atoms with Gasteiger partial charge in [0, 0.05) is 5.56 Å². The average molecular weight is 282 g/mol. The van der Waals surface area contributed by atoms with Crippen molar-refractivity contribution in [2.75, 3.05) is 5.43 Å². The van der Waals surface area contributed by atoms with Crippen molar-refractivity contribution in [1.29, 1.82) is 10.7 Å². The Hall–Kier alpha value is -3.14. The van der Waals surface area contributed by atoms with E-state index in [1.807, 2.05) is 26.0 Å². The molecule has 0 radical (unpaired) electrons. The van der Waals surface area contributed by atoms with E-state index < -0.39 is 0 Å². The molecule has 0 atom stereocenters. The number of aromatic nitrogens is 1. The monoisotopic (exact) mass is 282 g/mol. The van der Waals surface area contributed by atoms with Gasteiger partial charge in [-0.1, -0.05) is 6.07 Å². The summed E-state index contributed by atoms with van der Waals surface area (Å²) in [5.41, 5.74) is 9.98. The van der Waals surface area contributed by atoms with E-state index in [0.717, 1.165) is 17.0 Å². The number of benzene rings is 1. The number of hydrogen-bond acceptors (Lipinski definition) is 6. The first-order valence-electron chi connectivity index (χ1n) is 6.14. The van der Waals surface area contributed by atoms with Crippen LogP contribution in [0.3, 0.4) is 0 Å². The number of nitrogens with two attached hydrogens (primary N) is 1. The molecule has 0 spiro atoms. The van der Waals surface area contributed by atoms with Crippen LogP contribution in [-0.4, -0.2) is 16.5 Å². The van der Waals surface area contributed by atoms with Gasteiger partial charge in [-0.15, -0.1) is 0 Å². The zero-order chi connectivity index (χ0) is 15.4. The smallest absolute Gasteiger partial charge is 0.226 e. The predicted molar refractivity (Wildman–Crippen MR) is 80.0 cm³/mol. The highest BCUT2D eigenvalue weighted by Gasteiger charge is 2.08. The van der Waals surface area contributed by atoms with Gasteiger partial charge in [0.05, 0.1) is 11.4 Å². The molecule has 0 saturated heterocycles. The van der Waals surface area contributed by atoms with Crippen LogP contribution in [0.5, 0.6) is 0 Å². The highest BCUT2D eigenvalue weighted by molar-refractivity contribution is 6.45. The Morgan fingerprint density at radius 3 is 2.81 bits per heavy atom. The molecule has 1 aromatic carbocycles. The fourth-order valence-electron chi connectivity index (χ4n) is 1.58. The maximum absolute atomic E-state index is 8.77. The van der Waals surface area contributed by atoms with Crippen LogP contribution in [-0.2, 0) is 0 Å². The minimum absolute atomic E-state index is 0.178. The minimum atomic E-state index is -0.389. The van der Waals surface area contributed by atoms with Gasteiger partial charge >= 0.3 is 0 Å². The Kier molecular flexibility index (Phi) is 4.00. The fourth-order valence-corrected chi connectivity index (χ4v) is 1.58. The van der Waals surface area contributed by atoms with Crippen molar-refractivity contribution in [2.45, 2.75) is 13.8 Å². The SMILES string of the molecule is Cc1nc(-c2cccc(N/N=C(\C#N)C(=N)N)c2)oc1C. The van der Waals surface area contributed by atoms with Crippen molar-refractivity contribution in [2.24, 2.45) is 10.8 Å². The first-order valence-corrected chi connectivity index (χ1v) is 6.14. The molecule has 0 saturated carbocycles. The molecular weight excluding hydrogens is 268 g/mol. The molecule has 0 aliphatic carbocycles. The van der Waals surface area contributed by atoms with E-state index in [4.69, 9.17) is 20.8 Å². The summed E-state index contributed by atoms with van der Waals surface area (Å²) in [5.74, 6) is 0.898. The van der Waals surface area contributed by atoms with Gasteiger partial charge in [-0.2, -0.15) is 10.4 Å². The molecule has 0 bridgehead atoms. The van der Waals surface area contributed by atoms with E-state index in [1.54, 1.807) is 18.2 Å². The number of amidine groups is 1. The second-order valence-electron chi connectivity index (χ2n) is 4.34. The summed E-state index contributed by atoms with van der Waals surface area (Å²) >= 11 is 0. The summed E-state index contributed by atoms with van der Waals surface area (Å²) in [7, 11) is 0. The van der Waals surface area contributed by atoms with Crippen molar-refractivity contribution in [1.82, 2.24) is 4.98 Å². The zero-order valence-electron chi connectivity index (χ0n) is 11.6. The zero-order valence-corrected chi connectivity index (χ0v) is 11.6. The van der Waals surface area contributed by atoms with Crippen molar-refractivity contribution in [3.63, 3.8) is 0 Å². The van der Waals surface area contributed by atoms with Gasteiger partial charge in [-0.05, 0) is 32.0 Å². The molecule has 0 aliphatic heterocycles. The van der Waals surface area contributed by atoms with Crippen molar-refractivity contribution < 1.29 is 4.42 Å². The van der Waals surface area contributed by atoms with Crippen LogP contribution in [0.1, 0.15) is 11.5 Å². The maximum atomic E-state index is 8.77. The lowest BCUT2D eigenvalue weighted by Crippen LogP contribution is -2.21. The van der Waals surface area contributed by atoms with Crippen LogP contribution in [0.2, 0.25) is 0 Å². The molecule has 0 fully saturated rings. The number of nitrogens with one attached hydrogen (secondary N) is 2. The Morgan fingerprint density at radius 1 is 1.48 bits per heavy atom. The minimum Gasteiger partial charge on any atom is -0.441 e. The third kappa shape index (κ3) is 3.25.